The Kier molecular flexibility index (Phi) is 6.47. The first-order chi connectivity index (χ1) is 15.6. The van der Waals surface area contributed by atoms with E-state index < -0.39 is 5.97 Å². The van der Waals surface area contributed by atoms with Crippen molar-refractivity contribution in [3.8, 4) is 5.75 Å². The van der Waals surface area contributed by atoms with Crippen LogP contribution in [-0.2, 0) is 22.5 Å². The molecule has 0 fully saturated rings. The summed E-state index contributed by atoms with van der Waals surface area (Å²) >= 11 is 1.32. The second-order valence-corrected chi connectivity index (χ2v) is 8.14. The third kappa shape index (κ3) is 4.63. The van der Waals surface area contributed by atoms with Gasteiger partial charge >= 0.3 is 5.97 Å². The van der Waals surface area contributed by atoms with Crippen LogP contribution >= 0.6 is 11.3 Å². The highest BCUT2D eigenvalue weighted by Crippen LogP contribution is 2.27. The van der Waals surface area contributed by atoms with Crippen molar-refractivity contribution in [2.45, 2.75) is 13.0 Å². The van der Waals surface area contributed by atoms with E-state index in [0.717, 1.165) is 16.7 Å². The number of carbonyl (C=O) groups is 2. The maximum Gasteiger partial charge on any atom is 0.325 e. The van der Waals surface area contributed by atoms with E-state index in [4.69, 9.17) is 9.47 Å². The third-order valence-corrected chi connectivity index (χ3v) is 6.09. The highest BCUT2D eigenvalue weighted by atomic mass is 32.1. The Balaban J connectivity index is 1.68. The summed E-state index contributed by atoms with van der Waals surface area (Å²) in [7, 11) is 2.89. The molecule has 6 nitrogen and oxygen atoms in total. The number of ether oxygens (including phenoxy) is 2. The van der Waals surface area contributed by atoms with Crippen molar-refractivity contribution >= 4 is 33.4 Å². The number of benzene rings is 3. The molecule has 0 atom stereocenters. The zero-order valence-electron chi connectivity index (χ0n) is 17.8. The molecule has 0 saturated carbocycles. The normalized spacial score (nSPS) is 11.5. The molecule has 0 saturated heterocycles. The van der Waals surface area contributed by atoms with Gasteiger partial charge in [0.05, 0.1) is 18.9 Å². The van der Waals surface area contributed by atoms with Crippen LogP contribution in [0.15, 0.2) is 77.8 Å². The Bertz CT molecular complexity index is 1320. The molecule has 0 unspecified atom stereocenters. The molecule has 0 radical (unpaired) electrons. The number of hydrogen-bond donors (Lipinski definition) is 0. The van der Waals surface area contributed by atoms with Crippen LogP contribution in [0.4, 0.5) is 0 Å². The number of methoxy groups -OCH3 is 2. The predicted molar refractivity (Wildman–Crippen MR) is 124 cm³/mol. The van der Waals surface area contributed by atoms with Crippen molar-refractivity contribution in [3.05, 3.63) is 94.3 Å². The van der Waals surface area contributed by atoms with E-state index in [2.05, 4.69) is 17.1 Å². The van der Waals surface area contributed by atoms with E-state index in [-0.39, 0.29) is 12.5 Å². The lowest BCUT2D eigenvalue weighted by Crippen LogP contribution is -2.22. The smallest absolute Gasteiger partial charge is 0.325 e. The van der Waals surface area contributed by atoms with Crippen LogP contribution in [0.2, 0.25) is 0 Å². The highest BCUT2D eigenvalue weighted by molar-refractivity contribution is 7.16. The molecule has 0 aliphatic heterocycles. The number of para-hydroxylation sites is 1. The summed E-state index contributed by atoms with van der Waals surface area (Å²) in [6, 6.07) is 23.2. The lowest BCUT2D eigenvalue weighted by atomic mass is 10.0. The van der Waals surface area contributed by atoms with Gasteiger partial charge in [0.25, 0.3) is 5.91 Å². The molecule has 1 amide bonds. The molecule has 32 heavy (non-hydrogen) atoms. The molecule has 0 bridgehead atoms. The molecule has 0 aliphatic rings. The fourth-order valence-electron chi connectivity index (χ4n) is 3.44. The van der Waals surface area contributed by atoms with E-state index in [9.17, 15) is 9.59 Å². The summed E-state index contributed by atoms with van der Waals surface area (Å²) in [5.41, 5.74) is 3.51. The van der Waals surface area contributed by atoms with Crippen molar-refractivity contribution in [3.63, 3.8) is 0 Å². The first-order valence-electron chi connectivity index (χ1n) is 10.0. The van der Waals surface area contributed by atoms with Crippen LogP contribution in [0.1, 0.15) is 21.5 Å². The molecule has 0 N–H and O–H groups in total. The predicted octanol–water partition coefficient (Wildman–Crippen LogP) is 4.22. The first kappa shape index (κ1) is 21.5. The van der Waals surface area contributed by atoms with Crippen molar-refractivity contribution in [2.24, 2.45) is 4.99 Å². The van der Waals surface area contributed by atoms with Gasteiger partial charge in [0.15, 0.2) is 4.80 Å². The molecule has 3 aromatic carbocycles. The zero-order chi connectivity index (χ0) is 22.5. The topological polar surface area (TPSA) is 69.9 Å². The summed E-state index contributed by atoms with van der Waals surface area (Å²) < 4.78 is 12.8. The maximum absolute atomic E-state index is 12.9. The molecule has 0 aliphatic carbocycles. The van der Waals surface area contributed by atoms with Crippen molar-refractivity contribution < 1.29 is 19.1 Å². The Hall–Kier alpha value is -3.71. The number of aromatic nitrogens is 1. The molecule has 0 spiro atoms. The Morgan fingerprint density at radius 3 is 2.31 bits per heavy atom. The van der Waals surface area contributed by atoms with Crippen molar-refractivity contribution in [1.82, 2.24) is 4.57 Å². The number of esters is 1. The van der Waals surface area contributed by atoms with Gasteiger partial charge in [-0.15, -0.1) is 0 Å². The van der Waals surface area contributed by atoms with Gasteiger partial charge in [0, 0.05) is 5.56 Å². The average Bonchev–Trinajstić information content (AvgIpc) is 3.16. The van der Waals surface area contributed by atoms with Crippen LogP contribution in [-0.4, -0.2) is 30.7 Å². The van der Waals surface area contributed by atoms with Crippen LogP contribution in [0, 0.1) is 0 Å². The Labute approximate surface area is 189 Å². The molecule has 4 rings (SSSR count). The molecule has 1 heterocycles. The van der Waals surface area contributed by atoms with Crippen LogP contribution < -0.4 is 9.54 Å². The van der Waals surface area contributed by atoms with Crippen LogP contribution in [0.5, 0.6) is 5.75 Å². The number of thiazole rings is 1. The van der Waals surface area contributed by atoms with Gasteiger partial charge < -0.3 is 14.0 Å². The lowest BCUT2D eigenvalue weighted by molar-refractivity contribution is -0.141. The van der Waals surface area contributed by atoms with Gasteiger partial charge in [0.1, 0.15) is 17.8 Å². The highest BCUT2D eigenvalue weighted by Gasteiger charge is 2.15. The van der Waals surface area contributed by atoms with E-state index in [0.29, 0.717) is 21.6 Å². The number of rotatable bonds is 6. The van der Waals surface area contributed by atoms with Gasteiger partial charge in [-0.05, 0) is 41.8 Å². The quantitative estimate of drug-likeness (QED) is 0.416. The SMILES string of the molecule is COC(=O)Cn1c(=NC(=O)c2ccc(Cc3ccccc3)cc2)sc2cccc(OC)c21. The van der Waals surface area contributed by atoms with Gasteiger partial charge in [-0.25, -0.2) is 0 Å². The molecular weight excluding hydrogens is 424 g/mol. The number of carbonyl (C=O) groups excluding carboxylic acids is 2. The minimum absolute atomic E-state index is 0.0704. The number of fused-ring (bicyclic) bond motifs is 1. The van der Waals surface area contributed by atoms with Gasteiger partial charge in [-0.3, -0.25) is 9.59 Å². The summed E-state index contributed by atoms with van der Waals surface area (Å²) in [6.07, 6.45) is 0.793. The van der Waals surface area contributed by atoms with E-state index in [1.807, 2.05) is 42.5 Å². The molecule has 7 heteroatoms. The number of hydrogen-bond acceptors (Lipinski definition) is 5. The fraction of sp³-hybridized carbons (Fsp3) is 0.160. The number of amides is 1. The second-order valence-electron chi connectivity index (χ2n) is 7.13. The van der Waals surface area contributed by atoms with Gasteiger partial charge in [0.2, 0.25) is 0 Å². The third-order valence-electron chi connectivity index (χ3n) is 5.05. The largest absolute Gasteiger partial charge is 0.495 e. The molecule has 4 aromatic rings. The standard InChI is InChI=1S/C25H22N2O4S/c1-30-20-9-6-10-21-23(20)27(16-22(28)31-2)25(32-21)26-24(29)19-13-11-18(12-14-19)15-17-7-4-3-5-8-17/h3-14H,15-16H2,1-2H3. The van der Waals surface area contributed by atoms with Crippen molar-refractivity contribution in [1.29, 1.82) is 0 Å². The maximum atomic E-state index is 12.9. The molecule has 162 valence electrons. The molecule has 1 aromatic heterocycles. The lowest BCUT2D eigenvalue weighted by Gasteiger charge is -2.07. The van der Waals surface area contributed by atoms with E-state index in [1.54, 1.807) is 29.9 Å². The minimum Gasteiger partial charge on any atom is -0.495 e. The zero-order valence-corrected chi connectivity index (χ0v) is 18.6. The fourth-order valence-corrected chi connectivity index (χ4v) is 4.48. The van der Waals surface area contributed by atoms with Crippen molar-refractivity contribution in [2.75, 3.05) is 14.2 Å². The summed E-state index contributed by atoms with van der Waals surface area (Å²) in [5, 5.41) is 0. The van der Waals surface area contributed by atoms with E-state index in [1.165, 1.54) is 24.0 Å². The van der Waals surface area contributed by atoms with Crippen LogP contribution in [0.3, 0.4) is 0 Å². The van der Waals surface area contributed by atoms with Gasteiger partial charge in [-0.2, -0.15) is 4.99 Å². The summed E-state index contributed by atoms with van der Waals surface area (Å²) in [6.45, 7) is -0.0704. The number of nitrogens with zero attached hydrogens (tertiary/aromatic N) is 2. The average molecular weight is 447 g/mol. The minimum atomic E-state index is -0.435. The monoisotopic (exact) mass is 446 g/mol. The second kappa shape index (κ2) is 9.62. The summed E-state index contributed by atoms with van der Waals surface area (Å²) in [5.74, 6) is -0.211. The molecular formula is C25H22N2O4S. The summed E-state index contributed by atoms with van der Waals surface area (Å²) in [4.78, 5) is 29.6. The van der Waals surface area contributed by atoms with E-state index >= 15 is 0 Å². The first-order valence-corrected chi connectivity index (χ1v) is 10.9. The van der Waals surface area contributed by atoms with Gasteiger partial charge in [-0.1, -0.05) is 59.9 Å². The Morgan fingerprint density at radius 2 is 1.62 bits per heavy atom. The Morgan fingerprint density at radius 1 is 0.906 bits per heavy atom. The van der Waals surface area contributed by atoms with Crippen LogP contribution in [0.25, 0.3) is 10.2 Å².